The molecule has 1 aliphatic rings. The maximum atomic E-state index is 6.49. The van der Waals surface area contributed by atoms with Gasteiger partial charge in [-0.3, -0.25) is 4.98 Å². The highest BCUT2D eigenvalue weighted by molar-refractivity contribution is 5.82. The number of nitrogens with two attached hydrogens (primary N) is 1. The normalized spacial score (nSPS) is 21.4. The Morgan fingerprint density at radius 1 is 0.962 bits per heavy atom. The van der Waals surface area contributed by atoms with Crippen LogP contribution in [0.5, 0.6) is 5.75 Å². The van der Waals surface area contributed by atoms with Gasteiger partial charge in [0.05, 0.1) is 6.10 Å². The average molecular weight is 346 g/mol. The van der Waals surface area contributed by atoms with Crippen LogP contribution >= 0.6 is 0 Å². The maximum absolute atomic E-state index is 6.49. The lowest BCUT2D eigenvalue weighted by molar-refractivity contribution is 0.123. The van der Waals surface area contributed by atoms with E-state index >= 15 is 0 Å². The molecule has 1 aliphatic carbocycles. The third-order valence-electron chi connectivity index (χ3n) is 5.55. The van der Waals surface area contributed by atoms with Crippen molar-refractivity contribution in [2.75, 3.05) is 0 Å². The number of benzene rings is 2. The van der Waals surface area contributed by atoms with E-state index in [4.69, 9.17) is 10.5 Å². The zero-order valence-corrected chi connectivity index (χ0v) is 15.1. The van der Waals surface area contributed by atoms with Crippen LogP contribution in [0.15, 0.2) is 67.0 Å². The molecule has 0 bridgehead atoms. The van der Waals surface area contributed by atoms with E-state index in [-0.39, 0.29) is 6.04 Å². The van der Waals surface area contributed by atoms with Crippen LogP contribution in [0.2, 0.25) is 0 Å². The highest BCUT2D eigenvalue weighted by Gasteiger charge is 2.26. The largest absolute Gasteiger partial charge is 0.490 e. The Kier molecular flexibility index (Phi) is 5.16. The Labute approximate surface area is 155 Å². The van der Waals surface area contributed by atoms with E-state index in [0.29, 0.717) is 12.0 Å². The fourth-order valence-corrected chi connectivity index (χ4v) is 4.01. The lowest BCUT2D eigenvalue weighted by Gasteiger charge is -2.32. The van der Waals surface area contributed by atoms with Gasteiger partial charge in [0.15, 0.2) is 0 Å². The quantitative estimate of drug-likeness (QED) is 0.726. The van der Waals surface area contributed by atoms with E-state index in [1.54, 1.807) is 0 Å². The van der Waals surface area contributed by atoms with Crippen molar-refractivity contribution in [3.05, 3.63) is 72.6 Å². The monoisotopic (exact) mass is 346 g/mol. The summed E-state index contributed by atoms with van der Waals surface area (Å²) in [5, 5.41) is 2.33. The predicted molar refractivity (Wildman–Crippen MR) is 106 cm³/mol. The van der Waals surface area contributed by atoms with Crippen molar-refractivity contribution in [3.63, 3.8) is 0 Å². The van der Waals surface area contributed by atoms with Gasteiger partial charge in [-0.05, 0) is 73.2 Å². The highest BCUT2D eigenvalue weighted by atomic mass is 16.5. The lowest BCUT2D eigenvalue weighted by Crippen LogP contribution is -2.37. The Bertz CT molecular complexity index is 841. The minimum Gasteiger partial charge on any atom is -0.490 e. The van der Waals surface area contributed by atoms with Crippen LogP contribution in [-0.2, 0) is 6.42 Å². The molecule has 1 aromatic heterocycles. The van der Waals surface area contributed by atoms with Gasteiger partial charge in [0.25, 0.3) is 0 Å². The summed E-state index contributed by atoms with van der Waals surface area (Å²) >= 11 is 0. The molecule has 0 radical (unpaired) electrons. The first kappa shape index (κ1) is 17.0. The molecule has 3 heteroatoms. The molecule has 0 saturated heterocycles. The number of aromatic nitrogens is 1. The first-order valence-corrected chi connectivity index (χ1v) is 9.58. The number of nitrogens with zero attached hydrogens (tertiary/aromatic N) is 1. The first-order valence-electron chi connectivity index (χ1n) is 9.58. The van der Waals surface area contributed by atoms with Crippen molar-refractivity contribution in [2.24, 2.45) is 11.7 Å². The second-order valence-corrected chi connectivity index (χ2v) is 7.39. The topological polar surface area (TPSA) is 48.1 Å². The molecule has 0 aliphatic heterocycles. The first-order chi connectivity index (χ1) is 12.8. The van der Waals surface area contributed by atoms with Gasteiger partial charge >= 0.3 is 0 Å². The summed E-state index contributed by atoms with van der Waals surface area (Å²) in [4.78, 5) is 4.16. The Balaban J connectivity index is 1.31. The maximum Gasteiger partial charge on any atom is 0.120 e. The van der Waals surface area contributed by atoms with Gasteiger partial charge in [-0.15, -0.1) is 0 Å². The molecule has 0 spiro atoms. The lowest BCUT2D eigenvalue weighted by atomic mass is 9.81. The average Bonchev–Trinajstić information content (AvgIpc) is 2.69. The molecule has 2 N–H and O–H groups in total. The molecular weight excluding hydrogens is 320 g/mol. The molecule has 1 atom stereocenters. The molecule has 1 unspecified atom stereocenters. The third kappa shape index (κ3) is 4.05. The Morgan fingerprint density at radius 2 is 1.77 bits per heavy atom. The molecule has 1 fully saturated rings. The van der Waals surface area contributed by atoms with Gasteiger partial charge in [0, 0.05) is 23.8 Å². The van der Waals surface area contributed by atoms with Crippen LogP contribution in [0.4, 0.5) is 0 Å². The van der Waals surface area contributed by atoms with Crippen LogP contribution < -0.4 is 10.5 Å². The number of rotatable bonds is 5. The van der Waals surface area contributed by atoms with Crippen LogP contribution in [0.1, 0.15) is 31.2 Å². The minimum atomic E-state index is 0.242. The van der Waals surface area contributed by atoms with Crippen molar-refractivity contribution in [1.29, 1.82) is 0 Å². The highest BCUT2D eigenvalue weighted by Crippen LogP contribution is 2.31. The third-order valence-corrected chi connectivity index (χ3v) is 5.55. The molecule has 1 saturated carbocycles. The molecular formula is C23H26N2O. The summed E-state index contributed by atoms with van der Waals surface area (Å²) in [6, 6.07) is 19.1. The van der Waals surface area contributed by atoms with Crippen molar-refractivity contribution in [2.45, 2.75) is 44.2 Å². The number of ether oxygens (including phenoxy) is 1. The number of pyridine rings is 1. The Hall–Kier alpha value is -2.39. The van der Waals surface area contributed by atoms with E-state index in [1.807, 2.05) is 18.5 Å². The van der Waals surface area contributed by atoms with E-state index in [0.717, 1.165) is 43.2 Å². The molecule has 1 heterocycles. The molecule has 3 nitrogen and oxygen atoms in total. The van der Waals surface area contributed by atoms with E-state index in [9.17, 15) is 0 Å². The molecule has 4 rings (SSSR count). The smallest absolute Gasteiger partial charge is 0.120 e. The zero-order valence-electron chi connectivity index (χ0n) is 15.1. The van der Waals surface area contributed by atoms with Gasteiger partial charge in [0.2, 0.25) is 0 Å². The SMILES string of the molecule is NC(Cc1ccccc1)C1CCC(Oc2ccc3cnccc3c2)CC1. The van der Waals surface area contributed by atoms with Crippen molar-refractivity contribution in [3.8, 4) is 5.75 Å². The van der Waals surface area contributed by atoms with Crippen LogP contribution in [0, 0.1) is 5.92 Å². The summed E-state index contributed by atoms with van der Waals surface area (Å²) in [6.45, 7) is 0. The van der Waals surface area contributed by atoms with E-state index in [1.165, 1.54) is 10.9 Å². The summed E-state index contributed by atoms with van der Waals surface area (Å²) < 4.78 is 6.25. The molecule has 2 aromatic carbocycles. The van der Waals surface area contributed by atoms with Crippen LogP contribution in [-0.4, -0.2) is 17.1 Å². The Morgan fingerprint density at radius 3 is 2.58 bits per heavy atom. The fraction of sp³-hybridized carbons (Fsp3) is 0.348. The fourth-order valence-electron chi connectivity index (χ4n) is 4.01. The van der Waals surface area contributed by atoms with Crippen LogP contribution in [0.25, 0.3) is 10.8 Å². The zero-order chi connectivity index (χ0) is 17.8. The molecule has 134 valence electrons. The van der Waals surface area contributed by atoms with Gasteiger partial charge in [-0.1, -0.05) is 30.3 Å². The number of fused-ring (bicyclic) bond motifs is 1. The standard InChI is InChI=1S/C23H26N2O/c24-23(14-17-4-2-1-3-5-17)18-6-9-21(10-7-18)26-22-11-8-20-16-25-13-12-19(20)15-22/h1-5,8,11-13,15-16,18,21,23H,6-7,9-10,14,24H2. The molecule has 3 aromatic rings. The van der Waals surface area contributed by atoms with Crippen molar-refractivity contribution < 1.29 is 4.74 Å². The van der Waals surface area contributed by atoms with E-state index in [2.05, 4.69) is 53.5 Å². The minimum absolute atomic E-state index is 0.242. The number of hydrogen-bond donors (Lipinski definition) is 1. The molecule has 0 amide bonds. The van der Waals surface area contributed by atoms with Gasteiger partial charge in [-0.2, -0.15) is 0 Å². The summed E-state index contributed by atoms with van der Waals surface area (Å²) in [7, 11) is 0. The van der Waals surface area contributed by atoms with Gasteiger partial charge < -0.3 is 10.5 Å². The van der Waals surface area contributed by atoms with Gasteiger partial charge in [-0.25, -0.2) is 0 Å². The summed E-state index contributed by atoms with van der Waals surface area (Å²) in [5.41, 5.74) is 7.83. The van der Waals surface area contributed by atoms with E-state index < -0.39 is 0 Å². The van der Waals surface area contributed by atoms with Crippen molar-refractivity contribution in [1.82, 2.24) is 4.98 Å². The molecule has 26 heavy (non-hydrogen) atoms. The summed E-state index contributed by atoms with van der Waals surface area (Å²) in [5.74, 6) is 1.55. The summed E-state index contributed by atoms with van der Waals surface area (Å²) in [6.07, 6.45) is 9.45. The van der Waals surface area contributed by atoms with Gasteiger partial charge in [0.1, 0.15) is 5.75 Å². The second kappa shape index (κ2) is 7.88. The number of hydrogen-bond acceptors (Lipinski definition) is 3. The van der Waals surface area contributed by atoms with Crippen molar-refractivity contribution >= 4 is 10.8 Å². The predicted octanol–water partition coefficient (Wildman–Crippen LogP) is 4.74. The van der Waals surface area contributed by atoms with Crippen LogP contribution in [0.3, 0.4) is 0 Å². The second-order valence-electron chi connectivity index (χ2n) is 7.39.